The van der Waals surface area contributed by atoms with Gasteiger partial charge in [-0.05, 0) is 24.7 Å². The molecule has 23 heavy (non-hydrogen) atoms. The first-order valence-electron chi connectivity index (χ1n) is 6.40. The lowest BCUT2D eigenvalue weighted by atomic mass is 10.3. The Bertz CT molecular complexity index is 544. The zero-order chi connectivity index (χ0) is 17.7. The summed E-state index contributed by atoms with van der Waals surface area (Å²) in [5.41, 5.74) is 4.85. The zero-order valence-electron chi connectivity index (χ0n) is 12.6. The lowest BCUT2D eigenvalue weighted by Gasteiger charge is -2.02. The SMILES string of the molecule is CCOC(=O)C=CSC(SC=CC(=O)OCC)=C(C#N)C(N)=O. The predicted molar refractivity (Wildman–Crippen MR) is 88.6 cm³/mol. The molecule has 0 saturated heterocycles. The number of hydrogen-bond donors (Lipinski definition) is 1. The van der Waals surface area contributed by atoms with E-state index in [9.17, 15) is 14.4 Å². The van der Waals surface area contributed by atoms with Gasteiger partial charge in [0.15, 0.2) is 0 Å². The first kappa shape index (κ1) is 20.8. The van der Waals surface area contributed by atoms with Gasteiger partial charge in [0.25, 0.3) is 5.91 Å². The van der Waals surface area contributed by atoms with Crippen molar-refractivity contribution in [2.24, 2.45) is 5.73 Å². The highest BCUT2D eigenvalue weighted by atomic mass is 32.2. The molecular formula is C14H16N2O5S2. The summed E-state index contributed by atoms with van der Waals surface area (Å²) in [6.07, 6.45) is 2.31. The summed E-state index contributed by atoms with van der Waals surface area (Å²) >= 11 is 1.87. The predicted octanol–water partition coefficient (Wildman–Crippen LogP) is 1.83. The van der Waals surface area contributed by atoms with Gasteiger partial charge in [-0.3, -0.25) is 4.79 Å². The number of carbonyl (C=O) groups excluding carboxylic acids is 3. The normalized spacial score (nSPS) is 10.3. The molecular weight excluding hydrogens is 340 g/mol. The van der Waals surface area contributed by atoms with Crippen molar-refractivity contribution >= 4 is 41.4 Å². The molecule has 0 aromatic carbocycles. The van der Waals surface area contributed by atoms with Gasteiger partial charge in [0.2, 0.25) is 0 Å². The summed E-state index contributed by atoms with van der Waals surface area (Å²) in [6.45, 7) is 3.80. The first-order chi connectivity index (χ1) is 11.0. The smallest absolute Gasteiger partial charge is 0.331 e. The number of ether oxygens (including phenoxy) is 2. The molecule has 7 nitrogen and oxygen atoms in total. The van der Waals surface area contributed by atoms with Gasteiger partial charge in [0.1, 0.15) is 11.6 Å². The van der Waals surface area contributed by atoms with E-state index in [-0.39, 0.29) is 23.0 Å². The lowest BCUT2D eigenvalue weighted by molar-refractivity contribution is -0.138. The van der Waals surface area contributed by atoms with Crippen LogP contribution < -0.4 is 5.73 Å². The number of carbonyl (C=O) groups is 3. The Labute approximate surface area is 142 Å². The van der Waals surface area contributed by atoms with Gasteiger partial charge in [-0.1, -0.05) is 23.5 Å². The molecule has 0 radical (unpaired) electrons. The van der Waals surface area contributed by atoms with Crippen molar-refractivity contribution in [3.63, 3.8) is 0 Å². The highest BCUT2D eigenvalue weighted by Crippen LogP contribution is 2.33. The van der Waals surface area contributed by atoms with E-state index in [0.717, 1.165) is 35.7 Å². The second-order valence-corrected chi connectivity index (χ2v) is 5.57. The number of amides is 1. The molecule has 0 aromatic heterocycles. The maximum absolute atomic E-state index is 11.3. The third-order valence-electron chi connectivity index (χ3n) is 1.89. The van der Waals surface area contributed by atoms with Gasteiger partial charge in [-0.25, -0.2) is 9.59 Å². The van der Waals surface area contributed by atoms with E-state index in [0.29, 0.717) is 0 Å². The number of nitrogens with zero attached hydrogens (tertiary/aromatic N) is 1. The number of primary amides is 1. The highest BCUT2D eigenvalue weighted by molar-refractivity contribution is 8.24. The number of nitriles is 1. The van der Waals surface area contributed by atoms with Crippen molar-refractivity contribution in [3.8, 4) is 6.07 Å². The van der Waals surface area contributed by atoms with E-state index < -0.39 is 17.8 Å². The molecule has 0 bridgehead atoms. The van der Waals surface area contributed by atoms with E-state index in [1.165, 1.54) is 10.8 Å². The average Bonchev–Trinajstić information content (AvgIpc) is 2.47. The molecule has 1 amide bonds. The number of thioether (sulfide) groups is 2. The molecule has 0 fully saturated rings. The van der Waals surface area contributed by atoms with Crippen LogP contribution >= 0.6 is 23.5 Å². The van der Waals surface area contributed by atoms with Crippen LogP contribution in [-0.2, 0) is 23.9 Å². The fraction of sp³-hybridized carbons (Fsp3) is 0.286. The van der Waals surface area contributed by atoms with Crippen molar-refractivity contribution in [1.29, 1.82) is 5.26 Å². The quantitative estimate of drug-likeness (QED) is 0.377. The molecule has 0 spiro atoms. The van der Waals surface area contributed by atoms with E-state index in [2.05, 4.69) is 0 Å². The van der Waals surface area contributed by atoms with Gasteiger partial charge in [-0.15, -0.1) is 0 Å². The fourth-order valence-corrected chi connectivity index (χ4v) is 2.72. The molecule has 124 valence electrons. The second kappa shape index (κ2) is 12.4. The van der Waals surface area contributed by atoms with Gasteiger partial charge >= 0.3 is 11.9 Å². The van der Waals surface area contributed by atoms with E-state index in [1.807, 2.05) is 0 Å². The number of rotatable bonds is 9. The van der Waals surface area contributed by atoms with Crippen LogP contribution in [0.4, 0.5) is 0 Å². The topological polar surface area (TPSA) is 119 Å². The summed E-state index contributed by atoms with van der Waals surface area (Å²) in [5.74, 6) is -2.01. The van der Waals surface area contributed by atoms with Crippen LogP contribution in [0.2, 0.25) is 0 Å². The van der Waals surface area contributed by atoms with Crippen LogP contribution in [0.1, 0.15) is 13.8 Å². The van der Waals surface area contributed by atoms with Crippen molar-refractivity contribution < 1.29 is 23.9 Å². The molecule has 0 heterocycles. The Morgan fingerprint density at radius 3 is 1.78 bits per heavy atom. The van der Waals surface area contributed by atoms with Gasteiger partial charge in [0.05, 0.1) is 17.5 Å². The monoisotopic (exact) mass is 356 g/mol. The third-order valence-corrected chi connectivity index (χ3v) is 3.85. The molecule has 0 aliphatic carbocycles. The Morgan fingerprint density at radius 1 is 1.04 bits per heavy atom. The van der Waals surface area contributed by atoms with Crippen LogP contribution in [0.5, 0.6) is 0 Å². The maximum Gasteiger partial charge on any atom is 0.331 e. The molecule has 0 aliphatic heterocycles. The van der Waals surface area contributed by atoms with Crippen LogP contribution in [-0.4, -0.2) is 31.1 Å². The van der Waals surface area contributed by atoms with Crippen LogP contribution in [0.25, 0.3) is 0 Å². The Kier molecular flexibility index (Phi) is 11.2. The highest BCUT2D eigenvalue weighted by Gasteiger charge is 2.12. The van der Waals surface area contributed by atoms with Crippen LogP contribution in [0, 0.1) is 11.3 Å². The molecule has 0 aromatic rings. The molecule has 0 saturated carbocycles. The summed E-state index contributed by atoms with van der Waals surface area (Å²) in [4.78, 5) is 33.6. The molecule has 0 unspecified atom stereocenters. The minimum Gasteiger partial charge on any atom is -0.463 e. The average molecular weight is 356 g/mol. The molecule has 9 heteroatoms. The standard InChI is InChI=1S/C14H16N2O5S2/c1-3-20-11(17)5-7-22-14(10(9-15)13(16)19)23-8-6-12(18)21-4-2/h5-8H,3-4H2,1-2H3,(H2,16,19). The number of nitrogens with two attached hydrogens (primary N) is 1. The van der Waals surface area contributed by atoms with Gasteiger partial charge in [-0.2, -0.15) is 5.26 Å². The number of esters is 2. The van der Waals surface area contributed by atoms with E-state index >= 15 is 0 Å². The van der Waals surface area contributed by atoms with Crippen molar-refractivity contribution in [2.45, 2.75) is 13.8 Å². The van der Waals surface area contributed by atoms with Crippen molar-refractivity contribution in [1.82, 2.24) is 0 Å². The Balaban J connectivity index is 5.06. The third kappa shape index (κ3) is 9.44. The lowest BCUT2D eigenvalue weighted by Crippen LogP contribution is -2.13. The summed E-state index contributed by atoms with van der Waals surface area (Å²) in [7, 11) is 0. The van der Waals surface area contributed by atoms with Gasteiger partial charge < -0.3 is 15.2 Å². The molecule has 0 atom stereocenters. The summed E-state index contributed by atoms with van der Waals surface area (Å²) in [6, 6.07) is 1.69. The van der Waals surface area contributed by atoms with E-state index in [4.69, 9.17) is 20.5 Å². The largest absolute Gasteiger partial charge is 0.463 e. The van der Waals surface area contributed by atoms with Crippen LogP contribution in [0.15, 0.2) is 32.8 Å². The van der Waals surface area contributed by atoms with Crippen molar-refractivity contribution in [3.05, 3.63) is 32.8 Å². The maximum atomic E-state index is 11.3. The summed E-state index contributed by atoms with van der Waals surface area (Å²) in [5, 5.41) is 11.7. The van der Waals surface area contributed by atoms with Crippen LogP contribution in [0.3, 0.4) is 0 Å². The molecule has 0 aliphatic rings. The van der Waals surface area contributed by atoms with Crippen molar-refractivity contribution in [2.75, 3.05) is 13.2 Å². The Hall–Kier alpha value is -2.18. The first-order valence-corrected chi connectivity index (χ1v) is 8.16. The number of hydrogen-bond acceptors (Lipinski definition) is 8. The molecule has 0 rings (SSSR count). The van der Waals surface area contributed by atoms with E-state index in [1.54, 1.807) is 19.9 Å². The minimum atomic E-state index is -0.906. The fourth-order valence-electron chi connectivity index (χ4n) is 1.03. The molecule has 2 N–H and O–H groups in total. The summed E-state index contributed by atoms with van der Waals surface area (Å²) < 4.78 is 9.63. The minimum absolute atomic E-state index is 0.223. The Morgan fingerprint density at radius 2 is 1.48 bits per heavy atom. The van der Waals surface area contributed by atoms with Gasteiger partial charge in [0, 0.05) is 12.2 Å². The zero-order valence-corrected chi connectivity index (χ0v) is 14.2. The second-order valence-electron chi connectivity index (χ2n) is 3.48.